The van der Waals surface area contributed by atoms with E-state index < -0.39 is 29.0 Å². The molecule has 0 amide bonds. The van der Waals surface area contributed by atoms with E-state index in [2.05, 4.69) is 0 Å². The minimum Gasteiger partial charge on any atom is -0.330 e. The molecule has 1 saturated carbocycles. The molecule has 0 spiro atoms. The van der Waals surface area contributed by atoms with Crippen LogP contribution in [0.25, 0.3) is 0 Å². The van der Waals surface area contributed by atoms with Crippen LogP contribution in [0.5, 0.6) is 0 Å². The van der Waals surface area contributed by atoms with Crippen LogP contribution in [0.1, 0.15) is 25.7 Å². The van der Waals surface area contributed by atoms with E-state index in [1.54, 1.807) is 0 Å². The van der Waals surface area contributed by atoms with Gasteiger partial charge in [-0.15, -0.1) is 0 Å². The maximum absolute atomic E-state index is 12.6. The lowest BCUT2D eigenvalue weighted by molar-refractivity contribution is -0.137. The SMILES string of the molecule is NCC1CCN(S(=O)(=O)N(CC(F)(F)F)C2CC2)CC1. The fourth-order valence-electron chi connectivity index (χ4n) is 2.46. The summed E-state index contributed by atoms with van der Waals surface area (Å²) in [6.07, 6.45) is -2.27. The lowest BCUT2D eigenvalue weighted by Crippen LogP contribution is -2.51. The average molecular weight is 315 g/mol. The van der Waals surface area contributed by atoms with E-state index >= 15 is 0 Å². The summed E-state index contributed by atoms with van der Waals surface area (Å²) >= 11 is 0. The Bertz CT molecular complexity index is 429. The molecule has 0 unspecified atom stereocenters. The molecule has 2 fully saturated rings. The molecule has 0 bridgehead atoms. The molecule has 0 aromatic carbocycles. The molecule has 2 N–H and O–H groups in total. The molecule has 0 radical (unpaired) electrons. The molecule has 1 heterocycles. The van der Waals surface area contributed by atoms with Crippen LogP contribution >= 0.6 is 0 Å². The average Bonchev–Trinajstić information content (AvgIpc) is 3.19. The number of nitrogens with zero attached hydrogens (tertiary/aromatic N) is 2. The number of hydrogen-bond acceptors (Lipinski definition) is 3. The molecule has 0 aromatic rings. The molecular formula is C11H20F3N3O2S. The molecule has 0 aromatic heterocycles. The first-order chi connectivity index (χ1) is 9.24. The van der Waals surface area contributed by atoms with Gasteiger partial charge >= 0.3 is 6.18 Å². The van der Waals surface area contributed by atoms with Crippen molar-refractivity contribution >= 4 is 10.2 Å². The van der Waals surface area contributed by atoms with E-state index in [0.717, 1.165) is 0 Å². The quantitative estimate of drug-likeness (QED) is 0.821. The zero-order valence-corrected chi connectivity index (χ0v) is 12.0. The second-order valence-electron chi connectivity index (χ2n) is 5.48. The van der Waals surface area contributed by atoms with Crippen LogP contribution in [0.15, 0.2) is 0 Å². The maximum atomic E-state index is 12.6. The number of rotatable bonds is 5. The summed E-state index contributed by atoms with van der Waals surface area (Å²) in [6, 6.07) is -0.492. The van der Waals surface area contributed by atoms with Gasteiger partial charge in [0.2, 0.25) is 0 Å². The number of nitrogens with two attached hydrogens (primary N) is 1. The van der Waals surface area contributed by atoms with Crippen molar-refractivity contribution in [3.05, 3.63) is 0 Å². The molecule has 118 valence electrons. The summed E-state index contributed by atoms with van der Waals surface area (Å²) < 4.78 is 64.2. The molecule has 2 rings (SSSR count). The Balaban J connectivity index is 2.07. The van der Waals surface area contributed by atoms with Gasteiger partial charge in [0.1, 0.15) is 6.54 Å². The summed E-state index contributed by atoms with van der Waals surface area (Å²) in [7, 11) is -4.02. The Kier molecular flexibility index (Phi) is 4.63. The zero-order valence-electron chi connectivity index (χ0n) is 11.1. The minimum atomic E-state index is -4.51. The molecule has 1 aliphatic heterocycles. The topological polar surface area (TPSA) is 66.6 Å². The van der Waals surface area contributed by atoms with E-state index in [0.29, 0.717) is 36.5 Å². The van der Waals surface area contributed by atoms with Crippen molar-refractivity contribution in [2.75, 3.05) is 26.2 Å². The largest absolute Gasteiger partial charge is 0.402 e. The Morgan fingerprint density at radius 3 is 2.10 bits per heavy atom. The van der Waals surface area contributed by atoms with Gasteiger partial charge in [-0.2, -0.15) is 30.2 Å². The van der Waals surface area contributed by atoms with E-state index in [1.165, 1.54) is 4.31 Å². The van der Waals surface area contributed by atoms with Crippen LogP contribution in [0.2, 0.25) is 0 Å². The molecule has 20 heavy (non-hydrogen) atoms. The van der Waals surface area contributed by atoms with Crippen LogP contribution in [0.3, 0.4) is 0 Å². The Labute approximate surface area is 117 Å². The van der Waals surface area contributed by atoms with Crippen LogP contribution in [-0.2, 0) is 10.2 Å². The lowest BCUT2D eigenvalue weighted by Gasteiger charge is -2.35. The highest BCUT2D eigenvalue weighted by molar-refractivity contribution is 7.86. The number of piperidine rings is 1. The second-order valence-corrected chi connectivity index (χ2v) is 7.36. The number of hydrogen-bond donors (Lipinski definition) is 1. The van der Waals surface area contributed by atoms with Crippen molar-refractivity contribution in [3.8, 4) is 0 Å². The van der Waals surface area contributed by atoms with Crippen molar-refractivity contribution in [2.24, 2.45) is 11.7 Å². The first-order valence-corrected chi connectivity index (χ1v) is 8.17. The van der Waals surface area contributed by atoms with Gasteiger partial charge in [-0.25, -0.2) is 0 Å². The van der Waals surface area contributed by atoms with Crippen molar-refractivity contribution in [1.29, 1.82) is 0 Å². The third-order valence-electron chi connectivity index (χ3n) is 3.82. The first kappa shape index (κ1) is 16.0. The van der Waals surface area contributed by atoms with Gasteiger partial charge in [-0.3, -0.25) is 0 Å². The number of halogens is 3. The minimum absolute atomic E-state index is 0.255. The summed E-state index contributed by atoms with van der Waals surface area (Å²) in [5.74, 6) is 0.262. The van der Waals surface area contributed by atoms with E-state index in [9.17, 15) is 21.6 Å². The summed E-state index contributed by atoms with van der Waals surface area (Å²) in [5.41, 5.74) is 5.53. The van der Waals surface area contributed by atoms with Gasteiger partial charge in [-0.1, -0.05) is 0 Å². The van der Waals surface area contributed by atoms with Crippen LogP contribution < -0.4 is 5.73 Å². The van der Waals surface area contributed by atoms with Crippen molar-refractivity contribution in [3.63, 3.8) is 0 Å². The van der Waals surface area contributed by atoms with Gasteiger partial charge in [0.15, 0.2) is 0 Å². The fourth-order valence-corrected chi connectivity index (χ4v) is 4.33. The normalized spacial score (nSPS) is 23.4. The molecule has 1 aliphatic carbocycles. The van der Waals surface area contributed by atoms with Crippen LogP contribution in [-0.4, -0.2) is 55.4 Å². The predicted molar refractivity (Wildman–Crippen MR) is 68.1 cm³/mol. The Morgan fingerprint density at radius 1 is 1.15 bits per heavy atom. The molecule has 9 heteroatoms. The van der Waals surface area contributed by atoms with E-state index in [1.807, 2.05) is 0 Å². The highest BCUT2D eigenvalue weighted by Crippen LogP contribution is 2.34. The highest BCUT2D eigenvalue weighted by Gasteiger charge is 2.46. The smallest absolute Gasteiger partial charge is 0.330 e. The predicted octanol–water partition coefficient (Wildman–Crippen LogP) is 0.929. The van der Waals surface area contributed by atoms with Crippen molar-refractivity contribution in [2.45, 2.75) is 37.9 Å². The maximum Gasteiger partial charge on any atom is 0.402 e. The molecule has 2 aliphatic rings. The van der Waals surface area contributed by atoms with Gasteiger partial charge in [0.05, 0.1) is 0 Å². The zero-order chi connectivity index (χ0) is 15.0. The second kappa shape index (κ2) is 5.78. The molecule has 5 nitrogen and oxygen atoms in total. The van der Waals surface area contributed by atoms with Gasteiger partial charge in [0.25, 0.3) is 10.2 Å². The molecular weight excluding hydrogens is 295 g/mol. The third-order valence-corrected chi connectivity index (χ3v) is 5.86. The first-order valence-electron chi connectivity index (χ1n) is 6.78. The standard InChI is InChI=1S/C11H20F3N3O2S/c12-11(13,14)8-17(10-1-2-10)20(18,19)16-5-3-9(7-15)4-6-16/h9-10H,1-8,15H2. The van der Waals surface area contributed by atoms with Gasteiger partial charge in [-0.05, 0) is 38.1 Å². The van der Waals surface area contributed by atoms with Gasteiger partial charge in [0, 0.05) is 19.1 Å². The highest BCUT2D eigenvalue weighted by atomic mass is 32.2. The van der Waals surface area contributed by atoms with Crippen molar-refractivity contribution < 1.29 is 21.6 Å². The third kappa shape index (κ3) is 3.84. The summed E-state index contributed by atoms with van der Waals surface area (Å²) in [6.45, 7) is -0.393. The summed E-state index contributed by atoms with van der Waals surface area (Å²) in [5, 5.41) is 0. The summed E-state index contributed by atoms with van der Waals surface area (Å²) in [4.78, 5) is 0. The van der Waals surface area contributed by atoms with E-state index in [4.69, 9.17) is 5.73 Å². The van der Waals surface area contributed by atoms with Crippen LogP contribution in [0, 0.1) is 5.92 Å². The monoisotopic (exact) mass is 315 g/mol. The lowest BCUT2D eigenvalue weighted by atomic mass is 9.99. The fraction of sp³-hybridized carbons (Fsp3) is 1.00. The van der Waals surface area contributed by atoms with Crippen molar-refractivity contribution in [1.82, 2.24) is 8.61 Å². The van der Waals surface area contributed by atoms with Gasteiger partial charge < -0.3 is 5.73 Å². The Morgan fingerprint density at radius 2 is 1.70 bits per heavy atom. The van der Waals surface area contributed by atoms with E-state index in [-0.39, 0.29) is 19.0 Å². The Hall–Kier alpha value is -0.380. The number of alkyl halides is 3. The molecule has 0 atom stereocenters. The van der Waals surface area contributed by atoms with Crippen LogP contribution in [0.4, 0.5) is 13.2 Å². The molecule has 1 saturated heterocycles.